The minimum atomic E-state index is -0.134. The summed E-state index contributed by atoms with van der Waals surface area (Å²) in [5.41, 5.74) is 5.64. The van der Waals surface area contributed by atoms with Gasteiger partial charge in [0.15, 0.2) is 0 Å². The molecule has 0 aromatic carbocycles. The van der Waals surface area contributed by atoms with E-state index in [0.29, 0.717) is 11.8 Å². The highest BCUT2D eigenvalue weighted by molar-refractivity contribution is 5.87. The average molecular weight is 177 g/mol. The molecule has 0 heterocycles. The van der Waals surface area contributed by atoms with Crippen molar-refractivity contribution in [2.24, 2.45) is 22.1 Å². The minimum Gasteiger partial charge on any atom is -0.386 e. The van der Waals surface area contributed by atoms with E-state index in [9.17, 15) is 0 Å². The number of hydrogen-bond donors (Lipinski definition) is 1. The van der Waals surface area contributed by atoms with Gasteiger partial charge in [-0.2, -0.15) is 10.3 Å². The van der Waals surface area contributed by atoms with E-state index in [1.165, 1.54) is 0 Å². The Balaban J connectivity index is 2.93. The summed E-state index contributed by atoms with van der Waals surface area (Å²) >= 11 is 0. The Morgan fingerprint density at radius 1 is 1.69 bits per heavy atom. The maximum atomic E-state index is 8.43. The van der Waals surface area contributed by atoms with Crippen molar-refractivity contribution < 1.29 is 0 Å². The molecule has 0 radical (unpaired) electrons. The van der Waals surface area contributed by atoms with Crippen molar-refractivity contribution in [1.29, 1.82) is 5.26 Å². The molecule has 13 heavy (non-hydrogen) atoms. The maximum absolute atomic E-state index is 8.43. The lowest BCUT2D eigenvalue weighted by Gasteiger charge is -2.35. The molecule has 70 valence electrons. The molecular formula is C10H15N3. The summed E-state index contributed by atoms with van der Waals surface area (Å²) in [6.45, 7) is 4.21. The Labute approximate surface area is 79.0 Å². The molecule has 0 spiro atoms. The van der Waals surface area contributed by atoms with Crippen LogP contribution in [-0.4, -0.2) is 5.84 Å². The molecule has 2 atom stereocenters. The second kappa shape index (κ2) is 3.61. The van der Waals surface area contributed by atoms with Crippen LogP contribution >= 0.6 is 0 Å². The number of nitrogens with zero attached hydrogens (tertiary/aromatic N) is 2. The molecular weight excluding hydrogens is 162 g/mol. The predicted molar refractivity (Wildman–Crippen MR) is 52.9 cm³/mol. The predicted octanol–water partition coefficient (Wildman–Crippen LogP) is 1.82. The van der Waals surface area contributed by atoms with Crippen molar-refractivity contribution >= 4 is 5.84 Å². The van der Waals surface area contributed by atoms with Crippen molar-refractivity contribution in [1.82, 2.24) is 0 Å². The van der Waals surface area contributed by atoms with Crippen molar-refractivity contribution in [2.45, 2.75) is 26.7 Å². The molecule has 0 aromatic heterocycles. The Morgan fingerprint density at radius 2 is 2.38 bits per heavy atom. The van der Waals surface area contributed by atoms with E-state index < -0.39 is 0 Å². The molecule has 0 saturated heterocycles. The molecule has 1 rings (SSSR count). The maximum Gasteiger partial charge on any atom is 0.207 e. The number of nitriles is 1. The van der Waals surface area contributed by atoms with Crippen LogP contribution in [0.1, 0.15) is 26.7 Å². The van der Waals surface area contributed by atoms with Gasteiger partial charge < -0.3 is 5.73 Å². The molecule has 0 aliphatic heterocycles. The highest BCUT2D eigenvalue weighted by Gasteiger charge is 2.35. The summed E-state index contributed by atoms with van der Waals surface area (Å²) in [7, 11) is 0. The largest absolute Gasteiger partial charge is 0.386 e. The number of aliphatic imine (C=N–C) groups is 1. The van der Waals surface area contributed by atoms with Gasteiger partial charge in [0.1, 0.15) is 5.84 Å². The summed E-state index contributed by atoms with van der Waals surface area (Å²) in [4.78, 5) is 3.64. The van der Waals surface area contributed by atoms with E-state index in [1.54, 1.807) is 6.19 Å². The zero-order chi connectivity index (χ0) is 9.90. The lowest BCUT2D eigenvalue weighted by molar-refractivity contribution is 0.295. The third kappa shape index (κ3) is 1.72. The summed E-state index contributed by atoms with van der Waals surface area (Å²) in [6.07, 6.45) is 7.91. The molecule has 0 fully saturated rings. The van der Waals surface area contributed by atoms with Gasteiger partial charge in [-0.1, -0.05) is 26.0 Å². The highest BCUT2D eigenvalue weighted by atomic mass is 14.9. The second-order valence-electron chi connectivity index (χ2n) is 3.83. The zero-order valence-electron chi connectivity index (χ0n) is 8.12. The van der Waals surface area contributed by atoms with E-state index >= 15 is 0 Å². The number of nitrogens with two attached hydrogens (primary N) is 1. The number of amidine groups is 1. The molecule has 2 N–H and O–H groups in total. The smallest absolute Gasteiger partial charge is 0.207 e. The van der Waals surface area contributed by atoms with Gasteiger partial charge in [-0.25, -0.2) is 0 Å². The van der Waals surface area contributed by atoms with Crippen LogP contribution in [-0.2, 0) is 0 Å². The lowest BCUT2D eigenvalue weighted by atomic mass is 9.70. The van der Waals surface area contributed by atoms with E-state index in [0.717, 1.165) is 12.8 Å². The van der Waals surface area contributed by atoms with Crippen LogP contribution in [0.5, 0.6) is 0 Å². The van der Waals surface area contributed by atoms with Gasteiger partial charge in [-0.15, -0.1) is 0 Å². The molecule has 3 heteroatoms. The quantitative estimate of drug-likeness (QED) is 0.287. The summed E-state index contributed by atoms with van der Waals surface area (Å²) in [5.74, 6) is 0.918. The Morgan fingerprint density at radius 3 is 2.92 bits per heavy atom. The summed E-state index contributed by atoms with van der Waals surface area (Å²) < 4.78 is 0. The van der Waals surface area contributed by atoms with Crippen LogP contribution in [0.3, 0.4) is 0 Å². The molecule has 0 aromatic rings. The van der Waals surface area contributed by atoms with Crippen molar-refractivity contribution in [2.75, 3.05) is 0 Å². The van der Waals surface area contributed by atoms with Gasteiger partial charge in [0.2, 0.25) is 6.19 Å². The fourth-order valence-corrected chi connectivity index (χ4v) is 1.63. The molecule has 1 aliphatic rings. The number of allylic oxidation sites excluding steroid dienone is 2. The van der Waals surface area contributed by atoms with Crippen LogP contribution < -0.4 is 5.73 Å². The topological polar surface area (TPSA) is 62.2 Å². The first kappa shape index (κ1) is 9.79. The third-order valence-corrected chi connectivity index (χ3v) is 3.04. The first-order chi connectivity index (χ1) is 6.11. The second-order valence-corrected chi connectivity index (χ2v) is 3.83. The van der Waals surface area contributed by atoms with Crippen LogP contribution in [0.15, 0.2) is 17.1 Å². The molecule has 3 nitrogen and oxygen atoms in total. The number of rotatable bonds is 1. The van der Waals surface area contributed by atoms with Crippen molar-refractivity contribution in [3.8, 4) is 6.19 Å². The fourth-order valence-electron chi connectivity index (χ4n) is 1.63. The van der Waals surface area contributed by atoms with Gasteiger partial charge in [0.05, 0.1) is 0 Å². The van der Waals surface area contributed by atoms with Crippen LogP contribution in [0.25, 0.3) is 0 Å². The summed E-state index contributed by atoms with van der Waals surface area (Å²) in [5, 5.41) is 8.43. The Bertz CT molecular complexity index is 285. The van der Waals surface area contributed by atoms with Gasteiger partial charge in [0.25, 0.3) is 0 Å². The first-order valence-electron chi connectivity index (χ1n) is 4.49. The molecule has 0 bridgehead atoms. The van der Waals surface area contributed by atoms with E-state index in [4.69, 9.17) is 11.0 Å². The van der Waals surface area contributed by atoms with Crippen LogP contribution in [0.4, 0.5) is 0 Å². The Hall–Kier alpha value is -1.30. The lowest BCUT2D eigenvalue weighted by Crippen LogP contribution is -2.40. The molecule has 0 saturated carbocycles. The van der Waals surface area contributed by atoms with Gasteiger partial charge in [-0.3, -0.25) is 0 Å². The van der Waals surface area contributed by atoms with Crippen LogP contribution in [0.2, 0.25) is 0 Å². The first-order valence-corrected chi connectivity index (χ1v) is 4.49. The molecule has 0 amide bonds. The van der Waals surface area contributed by atoms with Gasteiger partial charge in [-0.05, 0) is 18.8 Å². The average Bonchev–Trinajstić information content (AvgIpc) is 2.11. The zero-order valence-corrected chi connectivity index (χ0v) is 8.12. The van der Waals surface area contributed by atoms with E-state index in [-0.39, 0.29) is 5.41 Å². The van der Waals surface area contributed by atoms with Crippen LogP contribution in [0, 0.1) is 22.8 Å². The Kier molecular flexibility index (Phi) is 2.72. The molecule has 1 aliphatic carbocycles. The highest BCUT2D eigenvalue weighted by Crippen LogP contribution is 2.37. The van der Waals surface area contributed by atoms with Crippen molar-refractivity contribution in [3.05, 3.63) is 12.2 Å². The summed E-state index contributed by atoms with van der Waals surface area (Å²) in [6, 6.07) is 0. The van der Waals surface area contributed by atoms with Gasteiger partial charge in [0, 0.05) is 5.41 Å². The third-order valence-electron chi connectivity index (χ3n) is 3.04. The number of hydrogen-bond acceptors (Lipinski definition) is 2. The SMILES string of the molecule is CC1CC=CCC1(C)C(N)=NC#N. The minimum absolute atomic E-state index is 0.134. The van der Waals surface area contributed by atoms with E-state index in [1.807, 2.05) is 0 Å². The fraction of sp³-hybridized carbons (Fsp3) is 0.600. The standard InChI is InChI=1S/C10H15N3/c1-8-5-3-4-6-10(8,2)9(12)13-7-11/h3-4,8H,5-6H2,1-2H3,(H2,12,13). The van der Waals surface area contributed by atoms with Gasteiger partial charge >= 0.3 is 0 Å². The van der Waals surface area contributed by atoms with Crippen molar-refractivity contribution in [3.63, 3.8) is 0 Å². The van der Waals surface area contributed by atoms with E-state index in [2.05, 4.69) is 31.0 Å². The molecule has 2 unspecified atom stereocenters. The normalized spacial score (nSPS) is 34.2. The monoisotopic (exact) mass is 177 g/mol.